The van der Waals surface area contributed by atoms with E-state index in [-0.39, 0.29) is 23.7 Å². The molecule has 2 N–H and O–H groups in total. The molecule has 1 fully saturated rings. The number of fused-ring (bicyclic) bond motifs is 3. The number of methoxy groups -OCH3 is 1. The third-order valence-electron chi connectivity index (χ3n) is 5.44. The van der Waals surface area contributed by atoms with Gasteiger partial charge < -0.3 is 15.2 Å². The van der Waals surface area contributed by atoms with Crippen LogP contribution < -0.4 is 15.2 Å². The molecule has 2 aromatic rings. The number of benzene rings is 1. The van der Waals surface area contributed by atoms with Crippen LogP contribution in [0.2, 0.25) is 0 Å². The van der Waals surface area contributed by atoms with Gasteiger partial charge in [0.15, 0.2) is 11.6 Å². The Morgan fingerprint density at radius 2 is 2.27 bits per heavy atom. The summed E-state index contributed by atoms with van der Waals surface area (Å²) in [5.41, 5.74) is 6.94. The number of carbonyl (C=O) groups is 1. The van der Waals surface area contributed by atoms with Crippen molar-refractivity contribution in [3.8, 4) is 11.5 Å². The fraction of sp³-hybridized carbons (Fsp3) is 0.474. The molecule has 1 aromatic heterocycles. The van der Waals surface area contributed by atoms with Crippen molar-refractivity contribution < 1.29 is 18.7 Å². The lowest BCUT2D eigenvalue weighted by Crippen LogP contribution is -2.55. The molecule has 2 atom stereocenters. The number of aromatic nitrogens is 1. The summed E-state index contributed by atoms with van der Waals surface area (Å²) >= 11 is 0. The third-order valence-corrected chi connectivity index (χ3v) is 5.44. The summed E-state index contributed by atoms with van der Waals surface area (Å²) in [6.07, 6.45) is 5.00. The second-order valence-electron chi connectivity index (χ2n) is 6.90. The molecule has 6 nitrogen and oxygen atoms in total. The van der Waals surface area contributed by atoms with E-state index in [4.69, 9.17) is 15.2 Å². The summed E-state index contributed by atoms with van der Waals surface area (Å²) in [5, 5.41) is 0.430. The van der Waals surface area contributed by atoms with E-state index in [2.05, 4.69) is 9.88 Å². The van der Waals surface area contributed by atoms with Crippen LogP contribution in [-0.4, -0.2) is 48.1 Å². The number of amides is 1. The van der Waals surface area contributed by atoms with Crippen LogP contribution in [0.1, 0.15) is 24.8 Å². The highest BCUT2D eigenvalue weighted by atomic mass is 19.1. The van der Waals surface area contributed by atoms with Gasteiger partial charge in [0.2, 0.25) is 5.91 Å². The van der Waals surface area contributed by atoms with Crippen molar-refractivity contribution in [1.82, 2.24) is 9.88 Å². The van der Waals surface area contributed by atoms with Gasteiger partial charge >= 0.3 is 0 Å². The largest absolute Gasteiger partial charge is 0.494 e. The molecule has 138 valence electrons. The second kappa shape index (κ2) is 6.72. The van der Waals surface area contributed by atoms with Gasteiger partial charge in [0.25, 0.3) is 0 Å². The van der Waals surface area contributed by atoms with Gasteiger partial charge in [-0.1, -0.05) is 6.42 Å². The van der Waals surface area contributed by atoms with Crippen LogP contribution in [0.3, 0.4) is 0 Å². The zero-order valence-corrected chi connectivity index (χ0v) is 14.7. The lowest BCUT2D eigenvalue weighted by Gasteiger charge is -2.41. The smallest absolute Gasteiger partial charge is 0.234 e. The Morgan fingerprint density at radius 1 is 1.42 bits per heavy atom. The van der Waals surface area contributed by atoms with Gasteiger partial charge in [-0.25, -0.2) is 4.39 Å². The van der Waals surface area contributed by atoms with E-state index in [1.54, 1.807) is 18.3 Å². The zero-order valence-electron chi connectivity index (χ0n) is 14.7. The maximum absolute atomic E-state index is 14.9. The molecule has 2 unspecified atom stereocenters. The van der Waals surface area contributed by atoms with Crippen LogP contribution in [0.25, 0.3) is 10.9 Å². The van der Waals surface area contributed by atoms with E-state index >= 15 is 0 Å². The minimum absolute atomic E-state index is 0.0171. The number of nitrogens with zero attached hydrogens (tertiary/aromatic N) is 2. The number of nitrogens with two attached hydrogens (primary N) is 1. The lowest BCUT2D eigenvalue weighted by molar-refractivity contribution is -0.126. The van der Waals surface area contributed by atoms with Crippen LogP contribution in [0.4, 0.5) is 4.39 Å². The number of ether oxygens (including phenoxy) is 2. The molecule has 26 heavy (non-hydrogen) atoms. The van der Waals surface area contributed by atoms with Crippen LogP contribution in [0.15, 0.2) is 18.3 Å². The lowest BCUT2D eigenvalue weighted by atomic mass is 9.93. The predicted molar refractivity (Wildman–Crippen MR) is 94.8 cm³/mol. The number of hydrogen-bond acceptors (Lipinski definition) is 5. The maximum atomic E-state index is 14.9. The van der Waals surface area contributed by atoms with Crippen LogP contribution in [-0.2, 0) is 11.2 Å². The highest BCUT2D eigenvalue weighted by Crippen LogP contribution is 2.37. The summed E-state index contributed by atoms with van der Waals surface area (Å²) in [6.45, 7) is 1.24. The Labute approximate surface area is 151 Å². The van der Waals surface area contributed by atoms with Crippen LogP contribution in [0.5, 0.6) is 11.5 Å². The standard InChI is InChI=1S/C19H22FN3O3/c1-25-15-6-5-13-17(18(15)20)12-8-11(10-26-16(12)9-22-13)23-7-3-2-4-14(23)19(21)24/h5-6,9,11,14H,2-4,7-8,10H2,1H3,(H2,21,24). The molecule has 0 aliphatic carbocycles. The highest BCUT2D eigenvalue weighted by Gasteiger charge is 2.36. The average Bonchev–Trinajstić information content (AvgIpc) is 2.67. The number of piperidine rings is 1. The fourth-order valence-electron chi connectivity index (χ4n) is 4.15. The monoisotopic (exact) mass is 359 g/mol. The molecule has 1 amide bonds. The molecule has 2 aliphatic heterocycles. The minimum Gasteiger partial charge on any atom is -0.494 e. The number of likely N-dealkylation sites (tertiary alicyclic amines) is 1. The molecule has 0 radical (unpaired) electrons. The summed E-state index contributed by atoms with van der Waals surface area (Å²) in [5.74, 6) is 0.0444. The summed E-state index contributed by atoms with van der Waals surface area (Å²) in [6, 6.07) is 3.02. The first-order chi connectivity index (χ1) is 12.6. The van der Waals surface area contributed by atoms with Gasteiger partial charge in [0.05, 0.1) is 24.9 Å². The van der Waals surface area contributed by atoms with E-state index in [9.17, 15) is 9.18 Å². The number of hydrogen-bond donors (Lipinski definition) is 1. The van der Waals surface area contributed by atoms with Crippen LogP contribution >= 0.6 is 0 Å². The topological polar surface area (TPSA) is 77.7 Å². The van der Waals surface area contributed by atoms with Gasteiger partial charge in [0, 0.05) is 17.0 Å². The summed E-state index contributed by atoms with van der Waals surface area (Å²) < 4.78 is 25.9. The van der Waals surface area contributed by atoms with Crippen molar-refractivity contribution in [2.24, 2.45) is 5.73 Å². The molecule has 1 aromatic carbocycles. The highest BCUT2D eigenvalue weighted by molar-refractivity contribution is 5.86. The van der Waals surface area contributed by atoms with Gasteiger partial charge in [0.1, 0.15) is 12.4 Å². The molecule has 4 rings (SSSR count). The van der Waals surface area contributed by atoms with Crippen molar-refractivity contribution in [2.75, 3.05) is 20.3 Å². The molecule has 2 aliphatic rings. The quantitative estimate of drug-likeness (QED) is 0.907. The number of carbonyl (C=O) groups excluding carboxylic acids is 1. The molecule has 0 bridgehead atoms. The molecule has 7 heteroatoms. The van der Waals surface area contributed by atoms with E-state index < -0.39 is 5.82 Å². The Hall–Kier alpha value is -2.41. The Kier molecular flexibility index (Phi) is 4.40. The number of primary amides is 1. The fourth-order valence-corrected chi connectivity index (χ4v) is 4.15. The molecular formula is C19H22FN3O3. The van der Waals surface area contributed by atoms with Gasteiger partial charge in [-0.2, -0.15) is 0 Å². The zero-order chi connectivity index (χ0) is 18.3. The molecule has 3 heterocycles. The Morgan fingerprint density at radius 3 is 3.04 bits per heavy atom. The first kappa shape index (κ1) is 17.0. The van der Waals surface area contributed by atoms with Crippen molar-refractivity contribution >= 4 is 16.8 Å². The Bertz CT molecular complexity index is 852. The maximum Gasteiger partial charge on any atom is 0.234 e. The second-order valence-corrected chi connectivity index (χ2v) is 6.90. The van der Waals surface area contributed by atoms with E-state index in [0.29, 0.717) is 29.7 Å². The van der Waals surface area contributed by atoms with Crippen molar-refractivity contribution in [3.05, 3.63) is 29.7 Å². The predicted octanol–water partition coefficient (Wildman–Crippen LogP) is 2.03. The third kappa shape index (κ3) is 2.76. The van der Waals surface area contributed by atoms with Gasteiger partial charge in [-0.05, 0) is 37.9 Å². The van der Waals surface area contributed by atoms with Gasteiger partial charge in [-0.3, -0.25) is 14.7 Å². The summed E-state index contributed by atoms with van der Waals surface area (Å²) in [7, 11) is 1.44. The molecular weight excluding hydrogens is 337 g/mol. The summed E-state index contributed by atoms with van der Waals surface area (Å²) in [4.78, 5) is 18.3. The Balaban J connectivity index is 1.74. The number of pyridine rings is 1. The molecule has 0 saturated carbocycles. The van der Waals surface area contributed by atoms with Crippen molar-refractivity contribution in [3.63, 3.8) is 0 Å². The molecule has 1 saturated heterocycles. The van der Waals surface area contributed by atoms with Crippen molar-refractivity contribution in [1.29, 1.82) is 0 Å². The van der Waals surface area contributed by atoms with Gasteiger partial charge in [-0.15, -0.1) is 0 Å². The van der Waals surface area contributed by atoms with E-state index in [1.165, 1.54) is 7.11 Å². The average molecular weight is 359 g/mol. The van der Waals surface area contributed by atoms with Crippen LogP contribution in [0, 0.1) is 5.82 Å². The van der Waals surface area contributed by atoms with Crippen molar-refractivity contribution in [2.45, 2.75) is 37.8 Å². The van der Waals surface area contributed by atoms with E-state index in [1.807, 2.05) is 0 Å². The first-order valence-electron chi connectivity index (χ1n) is 8.92. The normalized spacial score (nSPS) is 23.3. The van der Waals surface area contributed by atoms with E-state index in [0.717, 1.165) is 31.4 Å². The minimum atomic E-state index is -0.427. The SMILES string of the molecule is COc1ccc2ncc3c(c2c1F)CC(N1CCCCC1C(N)=O)CO3. The number of halogens is 1. The molecule has 0 spiro atoms. The number of rotatable bonds is 3. The first-order valence-corrected chi connectivity index (χ1v) is 8.92.